The summed E-state index contributed by atoms with van der Waals surface area (Å²) in [6, 6.07) is 3.95. The zero-order chi connectivity index (χ0) is 9.42. The summed E-state index contributed by atoms with van der Waals surface area (Å²) in [6.07, 6.45) is 1.71. The molecule has 0 aliphatic heterocycles. The number of aromatic nitrogens is 2. The van der Waals surface area contributed by atoms with Crippen molar-refractivity contribution in [2.24, 2.45) is 0 Å². The van der Waals surface area contributed by atoms with E-state index in [1.807, 2.05) is 19.1 Å². The molecular weight excluding hydrogens is 251 g/mol. The molecule has 66 valence electrons. The Labute approximate surface area is 89.1 Å². The van der Waals surface area contributed by atoms with Crippen LogP contribution in [0.5, 0.6) is 0 Å². The van der Waals surface area contributed by atoms with Crippen molar-refractivity contribution in [2.45, 2.75) is 6.92 Å². The lowest BCUT2D eigenvalue weighted by molar-refractivity contribution is 1.25. The minimum atomic E-state index is 0.516. The van der Waals surface area contributed by atoms with Crippen molar-refractivity contribution in [3.63, 3.8) is 0 Å². The van der Waals surface area contributed by atoms with Gasteiger partial charge < -0.3 is 0 Å². The number of rotatable bonds is 0. The van der Waals surface area contributed by atoms with Crippen molar-refractivity contribution in [2.75, 3.05) is 0 Å². The molecule has 0 bridgehead atoms. The summed E-state index contributed by atoms with van der Waals surface area (Å²) in [5, 5.41) is 1.51. The van der Waals surface area contributed by atoms with E-state index in [9.17, 15) is 0 Å². The molecule has 0 amide bonds. The Morgan fingerprint density at radius 2 is 2.15 bits per heavy atom. The van der Waals surface area contributed by atoms with Crippen molar-refractivity contribution in [1.29, 1.82) is 0 Å². The molecule has 0 spiro atoms. The Bertz CT molecular complexity index is 470. The lowest BCUT2D eigenvalue weighted by atomic mass is 10.2. The SMILES string of the molecule is Cc1cc2cc(Br)cnc2nc1Cl. The van der Waals surface area contributed by atoms with Gasteiger partial charge in [0, 0.05) is 16.1 Å². The van der Waals surface area contributed by atoms with Gasteiger partial charge in [-0.3, -0.25) is 0 Å². The van der Waals surface area contributed by atoms with Crippen molar-refractivity contribution in [3.05, 3.63) is 33.5 Å². The molecule has 0 saturated heterocycles. The second-order valence-electron chi connectivity index (χ2n) is 2.80. The highest BCUT2D eigenvalue weighted by Gasteiger charge is 2.01. The highest BCUT2D eigenvalue weighted by Crippen LogP contribution is 2.20. The summed E-state index contributed by atoms with van der Waals surface area (Å²) in [5.41, 5.74) is 1.65. The van der Waals surface area contributed by atoms with Gasteiger partial charge in [0.05, 0.1) is 0 Å². The number of hydrogen-bond acceptors (Lipinski definition) is 2. The molecule has 0 fully saturated rings. The second-order valence-corrected chi connectivity index (χ2v) is 4.07. The number of nitrogens with zero attached hydrogens (tertiary/aromatic N) is 2. The molecule has 13 heavy (non-hydrogen) atoms. The first-order valence-electron chi connectivity index (χ1n) is 3.75. The van der Waals surface area contributed by atoms with Gasteiger partial charge in [0.25, 0.3) is 0 Å². The van der Waals surface area contributed by atoms with Gasteiger partial charge in [0.1, 0.15) is 5.15 Å². The highest BCUT2D eigenvalue weighted by atomic mass is 79.9. The third-order valence-corrected chi connectivity index (χ3v) is 2.58. The monoisotopic (exact) mass is 256 g/mol. The van der Waals surface area contributed by atoms with Gasteiger partial charge >= 0.3 is 0 Å². The molecule has 2 aromatic rings. The van der Waals surface area contributed by atoms with E-state index in [1.54, 1.807) is 6.20 Å². The van der Waals surface area contributed by atoms with Crippen LogP contribution in [-0.4, -0.2) is 9.97 Å². The fraction of sp³-hybridized carbons (Fsp3) is 0.111. The Kier molecular flexibility index (Phi) is 2.22. The average molecular weight is 258 g/mol. The van der Waals surface area contributed by atoms with Crippen molar-refractivity contribution < 1.29 is 0 Å². The Morgan fingerprint density at radius 3 is 2.92 bits per heavy atom. The smallest absolute Gasteiger partial charge is 0.160 e. The van der Waals surface area contributed by atoms with Gasteiger partial charge in [0.2, 0.25) is 0 Å². The summed E-state index contributed by atoms with van der Waals surface area (Å²) < 4.78 is 0.948. The topological polar surface area (TPSA) is 25.8 Å². The quantitative estimate of drug-likeness (QED) is 0.676. The fourth-order valence-corrected chi connectivity index (χ4v) is 1.60. The summed E-state index contributed by atoms with van der Waals surface area (Å²) in [7, 11) is 0. The molecule has 0 aliphatic rings. The maximum absolute atomic E-state index is 5.86. The molecule has 0 atom stereocenters. The van der Waals surface area contributed by atoms with E-state index in [0.29, 0.717) is 10.8 Å². The van der Waals surface area contributed by atoms with Crippen LogP contribution in [0, 0.1) is 6.92 Å². The third-order valence-electron chi connectivity index (χ3n) is 1.76. The summed E-state index contributed by atoms with van der Waals surface area (Å²) in [5.74, 6) is 0. The van der Waals surface area contributed by atoms with Crippen LogP contribution in [0.25, 0.3) is 11.0 Å². The standard InChI is InChI=1S/C9H6BrClN2/c1-5-2-6-3-7(10)4-12-9(6)13-8(5)11/h2-4H,1H3. The van der Waals surface area contributed by atoms with E-state index >= 15 is 0 Å². The minimum Gasteiger partial charge on any atom is -0.235 e. The Balaban J connectivity index is 2.81. The summed E-state index contributed by atoms with van der Waals surface area (Å²) >= 11 is 9.22. The molecule has 0 aromatic carbocycles. The van der Waals surface area contributed by atoms with Crippen LogP contribution in [0.4, 0.5) is 0 Å². The van der Waals surface area contributed by atoms with E-state index in [4.69, 9.17) is 11.6 Å². The maximum Gasteiger partial charge on any atom is 0.160 e. The number of hydrogen-bond donors (Lipinski definition) is 0. The van der Waals surface area contributed by atoms with E-state index in [2.05, 4.69) is 25.9 Å². The van der Waals surface area contributed by atoms with Gasteiger partial charge in [0.15, 0.2) is 5.65 Å². The zero-order valence-electron chi connectivity index (χ0n) is 6.88. The molecule has 0 N–H and O–H groups in total. The fourth-order valence-electron chi connectivity index (χ4n) is 1.12. The van der Waals surface area contributed by atoms with Crippen LogP contribution in [0.1, 0.15) is 5.56 Å². The van der Waals surface area contributed by atoms with Crippen LogP contribution in [0.3, 0.4) is 0 Å². The molecule has 2 heterocycles. The van der Waals surface area contributed by atoms with Gasteiger partial charge in [-0.15, -0.1) is 0 Å². The molecule has 2 aromatic heterocycles. The first-order chi connectivity index (χ1) is 6.16. The van der Waals surface area contributed by atoms with Gasteiger partial charge in [-0.1, -0.05) is 11.6 Å². The first kappa shape index (κ1) is 8.91. The largest absolute Gasteiger partial charge is 0.235 e. The van der Waals surface area contributed by atoms with E-state index in [-0.39, 0.29) is 0 Å². The van der Waals surface area contributed by atoms with Crippen LogP contribution in [0.15, 0.2) is 22.8 Å². The number of pyridine rings is 2. The molecule has 0 radical (unpaired) electrons. The maximum atomic E-state index is 5.86. The lowest BCUT2D eigenvalue weighted by Crippen LogP contribution is -1.87. The third kappa shape index (κ3) is 1.67. The number of fused-ring (bicyclic) bond motifs is 1. The molecular formula is C9H6BrClN2. The zero-order valence-corrected chi connectivity index (χ0v) is 9.22. The number of halogens is 2. The van der Waals surface area contributed by atoms with Crippen molar-refractivity contribution in [3.8, 4) is 0 Å². The van der Waals surface area contributed by atoms with E-state index in [1.165, 1.54) is 0 Å². The first-order valence-corrected chi connectivity index (χ1v) is 4.92. The predicted molar refractivity (Wildman–Crippen MR) is 57.0 cm³/mol. The van der Waals surface area contributed by atoms with Crippen LogP contribution in [-0.2, 0) is 0 Å². The van der Waals surface area contributed by atoms with Gasteiger partial charge in [-0.05, 0) is 40.5 Å². The minimum absolute atomic E-state index is 0.516. The van der Waals surface area contributed by atoms with Crippen molar-refractivity contribution >= 4 is 38.6 Å². The van der Waals surface area contributed by atoms with Crippen LogP contribution >= 0.6 is 27.5 Å². The van der Waals surface area contributed by atoms with Crippen LogP contribution in [0.2, 0.25) is 5.15 Å². The normalized spacial score (nSPS) is 10.7. The highest BCUT2D eigenvalue weighted by molar-refractivity contribution is 9.10. The molecule has 2 rings (SSSR count). The van der Waals surface area contributed by atoms with Crippen LogP contribution < -0.4 is 0 Å². The van der Waals surface area contributed by atoms with E-state index < -0.39 is 0 Å². The molecule has 0 unspecified atom stereocenters. The Morgan fingerprint density at radius 1 is 1.38 bits per heavy atom. The van der Waals surface area contributed by atoms with Gasteiger partial charge in [-0.25, -0.2) is 9.97 Å². The summed E-state index contributed by atoms with van der Waals surface area (Å²) in [4.78, 5) is 8.29. The molecule has 0 saturated carbocycles. The van der Waals surface area contributed by atoms with Crippen molar-refractivity contribution in [1.82, 2.24) is 9.97 Å². The predicted octanol–water partition coefficient (Wildman–Crippen LogP) is 3.35. The van der Waals surface area contributed by atoms with E-state index in [0.717, 1.165) is 15.4 Å². The Hall–Kier alpha value is -0.670. The lowest BCUT2D eigenvalue weighted by Gasteiger charge is -2.00. The average Bonchev–Trinajstić information content (AvgIpc) is 2.08. The second kappa shape index (κ2) is 3.24. The van der Waals surface area contributed by atoms with Gasteiger partial charge in [-0.2, -0.15) is 0 Å². The molecule has 0 aliphatic carbocycles. The number of aryl methyl sites for hydroxylation is 1. The molecule has 4 heteroatoms. The molecule has 2 nitrogen and oxygen atoms in total. The summed E-state index contributed by atoms with van der Waals surface area (Å²) in [6.45, 7) is 1.93.